The number of hydrogen-bond acceptors (Lipinski definition) is 6. The van der Waals surface area contributed by atoms with Crippen molar-refractivity contribution in [2.45, 2.75) is 13.1 Å². The highest BCUT2D eigenvalue weighted by atomic mass is 16.6. The minimum Gasteiger partial charge on any atom is -0.383 e. The first-order valence-corrected chi connectivity index (χ1v) is 8.06. The molecule has 1 heterocycles. The highest BCUT2D eigenvalue weighted by molar-refractivity contribution is 5.76. The highest BCUT2D eigenvalue weighted by Crippen LogP contribution is 2.11. The van der Waals surface area contributed by atoms with E-state index in [0.29, 0.717) is 19.7 Å². The van der Waals surface area contributed by atoms with Crippen LogP contribution < -0.4 is 5.56 Å². The Labute approximate surface area is 155 Å². The maximum atomic E-state index is 12.7. The topological polar surface area (TPSA) is 118 Å². The predicted molar refractivity (Wildman–Crippen MR) is 95.8 cm³/mol. The number of methoxy groups -OCH3 is 1. The molecule has 0 unspecified atom stereocenters. The summed E-state index contributed by atoms with van der Waals surface area (Å²) in [6, 6.07) is 11.8. The maximum absolute atomic E-state index is 12.7. The summed E-state index contributed by atoms with van der Waals surface area (Å²) in [5.41, 5.74) is -0.664. The third-order valence-electron chi connectivity index (χ3n) is 3.84. The van der Waals surface area contributed by atoms with Gasteiger partial charge in [-0.2, -0.15) is 5.26 Å². The van der Waals surface area contributed by atoms with Gasteiger partial charge in [-0.1, -0.05) is 30.3 Å². The minimum absolute atomic E-state index is 0.291. The minimum atomic E-state index is -0.747. The van der Waals surface area contributed by atoms with E-state index >= 15 is 0 Å². The number of benzene rings is 1. The van der Waals surface area contributed by atoms with E-state index in [9.17, 15) is 19.7 Å². The highest BCUT2D eigenvalue weighted by Gasteiger charge is 2.19. The van der Waals surface area contributed by atoms with E-state index in [1.54, 1.807) is 6.07 Å². The van der Waals surface area contributed by atoms with Crippen molar-refractivity contribution < 1.29 is 14.5 Å². The van der Waals surface area contributed by atoms with E-state index < -0.39 is 28.6 Å². The van der Waals surface area contributed by atoms with Gasteiger partial charge in [0.1, 0.15) is 18.2 Å². The second-order valence-corrected chi connectivity index (χ2v) is 5.71. The largest absolute Gasteiger partial charge is 0.383 e. The molecular formula is C18H18N4O5. The van der Waals surface area contributed by atoms with Gasteiger partial charge in [-0.15, -0.1) is 0 Å². The molecule has 0 atom stereocenters. The van der Waals surface area contributed by atoms with Gasteiger partial charge in [-0.25, -0.2) is 0 Å². The molecule has 0 fully saturated rings. The lowest BCUT2D eigenvalue weighted by Gasteiger charge is -2.23. The quantitative estimate of drug-likeness (QED) is 0.510. The van der Waals surface area contributed by atoms with Gasteiger partial charge in [0.05, 0.1) is 17.7 Å². The number of pyridine rings is 1. The molecule has 1 amide bonds. The molecule has 0 N–H and O–H groups in total. The molecule has 0 aliphatic rings. The van der Waals surface area contributed by atoms with Crippen LogP contribution in [-0.2, 0) is 22.6 Å². The zero-order valence-corrected chi connectivity index (χ0v) is 14.7. The third kappa shape index (κ3) is 5.23. The Bertz CT molecular complexity index is 918. The molecule has 0 bridgehead atoms. The number of amides is 1. The van der Waals surface area contributed by atoms with Crippen molar-refractivity contribution in [2.24, 2.45) is 0 Å². The number of carbonyl (C=O) groups is 1. The van der Waals surface area contributed by atoms with E-state index in [1.807, 2.05) is 30.3 Å². The van der Waals surface area contributed by atoms with Gasteiger partial charge >= 0.3 is 0 Å². The lowest BCUT2D eigenvalue weighted by atomic mass is 10.2. The van der Waals surface area contributed by atoms with Crippen molar-refractivity contribution in [1.82, 2.24) is 9.47 Å². The summed E-state index contributed by atoms with van der Waals surface area (Å²) in [4.78, 5) is 36.7. The van der Waals surface area contributed by atoms with Gasteiger partial charge in [-0.05, 0) is 5.56 Å². The van der Waals surface area contributed by atoms with Crippen LogP contribution in [0.15, 0.2) is 47.4 Å². The smallest absolute Gasteiger partial charge is 0.287 e. The fraction of sp³-hybridized carbons (Fsp3) is 0.278. The summed E-state index contributed by atoms with van der Waals surface area (Å²) in [6.45, 7) is 0.481. The fourth-order valence-electron chi connectivity index (χ4n) is 2.46. The molecule has 0 saturated carbocycles. The van der Waals surface area contributed by atoms with Crippen molar-refractivity contribution >= 4 is 11.6 Å². The monoisotopic (exact) mass is 370 g/mol. The molecule has 140 valence electrons. The Morgan fingerprint density at radius 3 is 2.67 bits per heavy atom. The zero-order valence-electron chi connectivity index (χ0n) is 14.7. The van der Waals surface area contributed by atoms with Crippen molar-refractivity contribution in [3.8, 4) is 6.07 Å². The van der Waals surface area contributed by atoms with Gasteiger partial charge in [0.2, 0.25) is 5.91 Å². The molecule has 0 spiro atoms. The number of carbonyl (C=O) groups excluding carboxylic acids is 1. The maximum Gasteiger partial charge on any atom is 0.287 e. The van der Waals surface area contributed by atoms with Gasteiger partial charge in [-0.3, -0.25) is 24.3 Å². The summed E-state index contributed by atoms with van der Waals surface area (Å²) < 4.78 is 5.92. The van der Waals surface area contributed by atoms with Crippen LogP contribution in [0.25, 0.3) is 0 Å². The molecule has 0 radical (unpaired) electrons. The lowest BCUT2D eigenvalue weighted by molar-refractivity contribution is -0.385. The van der Waals surface area contributed by atoms with Crippen molar-refractivity contribution in [3.63, 3.8) is 0 Å². The van der Waals surface area contributed by atoms with Crippen molar-refractivity contribution in [3.05, 3.63) is 74.2 Å². The normalized spacial score (nSPS) is 10.2. The molecule has 2 rings (SSSR count). The lowest BCUT2D eigenvalue weighted by Crippen LogP contribution is -2.38. The van der Waals surface area contributed by atoms with Crippen LogP contribution in [0, 0.1) is 21.4 Å². The van der Waals surface area contributed by atoms with E-state index in [2.05, 4.69) is 0 Å². The number of nitro groups is 1. The Hall–Kier alpha value is -3.51. The molecular weight excluding hydrogens is 352 g/mol. The van der Waals surface area contributed by atoms with Gasteiger partial charge in [0.25, 0.3) is 11.2 Å². The van der Waals surface area contributed by atoms with Crippen LogP contribution >= 0.6 is 0 Å². The van der Waals surface area contributed by atoms with Crippen molar-refractivity contribution in [2.75, 3.05) is 20.3 Å². The average molecular weight is 370 g/mol. The first-order valence-electron chi connectivity index (χ1n) is 8.06. The molecule has 9 heteroatoms. The summed E-state index contributed by atoms with van der Waals surface area (Å²) in [7, 11) is 1.51. The average Bonchev–Trinajstić information content (AvgIpc) is 2.67. The fourth-order valence-corrected chi connectivity index (χ4v) is 2.46. The van der Waals surface area contributed by atoms with Crippen molar-refractivity contribution in [1.29, 1.82) is 5.26 Å². The van der Waals surface area contributed by atoms with Crippen LogP contribution in [0.1, 0.15) is 11.1 Å². The molecule has 0 saturated heterocycles. The second kappa shape index (κ2) is 9.26. The summed E-state index contributed by atoms with van der Waals surface area (Å²) >= 11 is 0. The molecule has 1 aromatic carbocycles. The van der Waals surface area contributed by atoms with Gasteiger partial charge in [0, 0.05) is 26.3 Å². The number of nitrogens with zero attached hydrogens (tertiary/aromatic N) is 4. The Balaban J connectivity index is 2.28. The van der Waals surface area contributed by atoms with E-state index in [4.69, 9.17) is 10.00 Å². The number of rotatable bonds is 8. The van der Waals surface area contributed by atoms with Crippen LogP contribution in [0.2, 0.25) is 0 Å². The SMILES string of the molecule is COCCN(Cc1ccccc1)C(=O)Cn1cc([N+](=O)[O-])cc(C#N)c1=O. The Kier molecular flexibility index (Phi) is 6.79. The van der Waals surface area contributed by atoms with Crippen LogP contribution in [0.4, 0.5) is 5.69 Å². The molecule has 27 heavy (non-hydrogen) atoms. The number of aromatic nitrogens is 1. The van der Waals surface area contributed by atoms with Gasteiger partial charge < -0.3 is 9.64 Å². The van der Waals surface area contributed by atoms with E-state index in [-0.39, 0.29) is 5.56 Å². The first-order chi connectivity index (χ1) is 13.0. The van der Waals surface area contributed by atoms with E-state index in [1.165, 1.54) is 12.0 Å². The molecule has 1 aromatic heterocycles. The Morgan fingerprint density at radius 1 is 1.37 bits per heavy atom. The Morgan fingerprint density at radius 2 is 2.07 bits per heavy atom. The number of ether oxygens (including phenoxy) is 1. The van der Waals surface area contributed by atoms with Crippen LogP contribution in [0.5, 0.6) is 0 Å². The summed E-state index contributed by atoms with van der Waals surface area (Å²) in [5.74, 6) is -0.414. The first kappa shape index (κ1) is 19.8. The molecule has 2 aromatic rings. The third-order valence-corrected chi connectivity index (χ3v) is 3.84. The van der Waals surface area contributed by atoms with E-state index in [0.717, 1.165) is 22.4 Å². The van der Waals surface area contributed by atoms with Crippen LogP contribution in [-0.4, -0.2) is 40.6 Å². The standard InChI is InChI=1S/C18H18N4O5/c1-27-8-7-20(11-14-5-3-2-4-6-14)17(23)13-21-12-16(22(25)26)9-15(10-19)18(21)24/h2-6,9,12H,7-8,11,13H2,1H3. The summed E-state index contributed by atoms with van der Waals surface area (Å²) in [6.07, 6.45) is 0.970. The molecule has 0 aliphatic heterocycles. The number of hydrogen-bond donors (Lipinski definition) is 0. The van der Waals surface area contributed by atoms with Crippen LogP contribution in [0.3, 0.4) is 0 Å². The molecule has 0 aliphatic carbocycles. The predicted octanol–water partition coefficient (Wildman–Crippen LogP) is 1.30. The zero-order chi connectivity index (χ0) is 19.8. The second-order valence-electron chi connectivity index (χ2n) is 5.71. The summed E-state index contributed by atoms with van der Waals surface area (Å²) in [5, 5.41) is 20.0. The van der Waals surface area contributed by atoms with Gasteiger partial charge in [0.15, 0.2) is 0 Å². The number of nitriles is 1. The molecule has 9 nitrogen and oxygen atoms in total.